The zero-order valence-electron chi connectivity index (χ0n) is 14.4. The molecule has 0 radical (unpaired) electrons. The molecule has 0 aliphatic rings. The predicted octanol–water partition coefficient (Wildman–Crippen LogP) is 4.45. The van der Waals surface area contributed by atoms with Crippen LogP contribution in [0.15, 0.2) is 72.8 Å². The molecule has 134 valence electrons. The maximum absolute atomic E-state index is 9.80. The number of nitrogens with one attached hydrogen (secondary N) is 1. The van der Waals surface area contributed by atoms with Crippen molar-refractivity contribution in [1.29, 1.82) is 0 Å². The number of hydrogen-bond donors (Lipinski definition) is 4. The Bertz CT molecular complexity index is 1000. The third-order valence-corrected chi connectivity index (χ3v) is 4.46. The lowest BCUT2D eigenvalue weighted by molar-refractivity contribution is 0.474. The van der Waals surface area contributed by atoms with Crippen molar-refractivity contribution < 1.29 is 15.3 Å². The van der Waals surface area contributed by atoms with E-state index in [1.165, 1.54) is 0 Å². The van der Waals surface area contributed by atoms with Crippen molar-refractivity contribution in [3.05, 3.63) is 83.9 Å². The number of hydrogen-bond acceptors (Lipinski definition) is 4. The molecule has 0 aliphatic carbocycles. The Hall–Kier alpha value is -3.73. The lowest BCUT2D eigenvalue weighted by atomic mass is 9.96. The van der Waals surface area contributed by atoms with Crippen molar-refractivity contribution in [2.75, 3.05) is 0 Å². The lowest BCUT2D eigenvalue weighted by Gasteiger charge is -2.08. The van der Waals surface area contributed by atoms with Gasteiger partial charge in [-0.2, -0.15) is 5.10 Å². The zero-order chi connectivity index (χ0) is 18.8. The van der Waals surface area contributed by atoms with Crippen molar-refractivity contribution in [2.24, 2.45) is 0 Å². The molecule has 0 saturated heterocycles. The van der Waals surface area contributed by atoms with Gasteiger partial charge in [0.1, 0.15) is 17.2 Å². The summed E-state index contributed by atoms with van der Waals surface area (Å²) >= 11 is 0. The number of aromatic nitrogens is 2. The van der Waals surface area contributed by atoms with Gasteiger partial charge in [-0.05, 0) is 66.2 Å². The highest BCUT2D eigenvalue weighted by atomic mass is 16.3. The number of benzene rings is 3. The van der Waals surface area contributed by atoms with Crippen LogP contribution >= 0.6 is 0 Å². The van der Waals surface area contributed by atoms with E-state index in [1.807, 2.05) is 36.4 Å². The Balaban J connectivity index is 1.84. The molecule has 0 atom stereocenters. The van der Waals surface area contributed by atoms with E-state index in [2.05, 4.69) is 10.2 Å². The van der Waals surface area contributed by atoms with E-state index in [9.17, 15) is 15.3 Å². The van der Waals surface area contributed by atoms with Crippen molar-refractivity contribution in [3.63, 3.8) is 0 Å². The topological polar surface area (TPSA) is 89.4 Å². The van der Waals surface area contributed by atoms with Crippen LogP contribution in [0, 0.1) is 0 Å². The number of nitrogens with zero attached hydrogens (tertiary/aromatic N) is 1. The third-order valence-electron chi connectivity index (χ3n) is 4.46. The largest absolute Gasteiger partial charge is 0.508 e. The summed E-state index contributed by atoms with van der Waals surface area (Å²) in [6, 6.07) is 20.9. The molecule has 4 rings (SSSR count). The molecule has 0 unspecified atom stereocenters. The molecule has 27 heavy (non-hydrogen) atoms. The normalized spacial score (nSPS) is 10.8. The fourth-order valence-electron chi connectivity index (χ4n) is 3.13. The average Bonchev–Trinajstić information content (AvgIpc) is 3.06. The summed E-state index contributed by atoms with van der Waals surface area (Å²) in [5.74, 6) is 0.613. The van der Waals surface area contributed by atoms with E-state index >= 15 is 0 Å². The number of aromatic amines is 1. The highest BCUT2D eigenvalue weighted by molar-refractivity contribution is 5.75. The Morgan fingerprint density at radius 1 is 0.704 bits per heavy atom. The van der Waals surface area contributed by atoms with Gasteiger partial charge in [0.2, 0.25) is 0 Å². The first-order chi connectivity index (χ1) is 13.1. The van der Waals surface area contributed by atoms with Crippen LogP contribution in [0.3, 0.4) is 0 Å². The average molecular weight is 358 g/mol. The summed E-state index contributed by atoms with van der Waals surface area (Å²) in [5, 5.41) is 36.5. The SMILES string of the molecule is Oc1ccc(-c2n[nH]c(-c3ccc(O)cc3)c2Cc2cccc(O)c2)cc1. The molecule has 1 heterocycles. The maximum atomic E-state index is 9.80. The maximum Gasteiger partial charge on any atom is 0.115 e. The number of phenolic OH excluding ortho intramolecular Hbond substituents is 3. The number of H-pyrrole nitrogens is 1. The molecule has 5 heteroatoms. The zero-order valence-corrected chi connectivity index (χ0v) is 14.4. The molecule has 1 aromatic heterocycles. The van der Waals surface area contributed by atoms with Crippen molar-refractivity contribution in [3.8, 4) is 39.8 Å². The van der Waals surface area contributed by atoms with Gasteiger partial charge in [-0.25, -0.2) is 0 Å². The van der Waals surface area contributed by atoms with Gasteiger partial charge >= 0.3 is 0 Å². The van der Waals surface area contributed by atoms with Gasteiger partial charge in [0.15, 0.2) is 0 Å². The smallest absolute Gasteiger partial charge is 0.115 e. The fourth-order valence-corrected chi connectivity index (χ4v) is 3.13. The van der Waals surface area contributed by atoms with Gasteiger partial charge in [-0.1, -0.05) is 12.1 Å². The van der Waals surface area contributed by atoms with Gasteiger partial charge in [-0.15, -0.1) is 0 Å². The van der Waals surface area contributed by atoms with Crippen LogP contribution in [0.4, 0.5) is 0 Å². The summed E-state index contributed by atoms with van der Waals surface area (Å²) in [6.45, 7) is 0. The third kappa shape index (κ3) is 3.48. The summed E-state index contributed by atoms with van der Waals surface area (Å²) in [5.41, 5.74) is 5.33. The first kappa shape index (κ1) is 16.7. The molecule has 0 bridgehead atoms. The lowest BCUT2D eigenvalue weighted by Crippen LogP contribution is -1.93. The van der Waals surface area contributed by atoms with Crippen molar-refractivity contribution in [1.82, 2.24) is 10.2 Å². The fraction of sp³-hybridized carbons (Fsp3) is 0.0455. The first-order valence-corrected chi connectivity index (χ1v) is 8.54. The molecule has 0 amide bonds. The molecule has 0 spiro atoms. The molecule has 4 aromatic rings. The van der Waals surface area contributed by atoms with E-state index in [1.54, 1.807) is 36.4 Å². The quantitative estimate of drug-likeness (QED) is 0.434. The van der Waals surface area contributed by atoms with Crippen LogP contribution in [0.25, 0.3) is 22.5 Å². The van der Waals surface area contributed by atoms with Crippen molar-refractivity contribution in [2.45, 2.75) is 6.42 Å². The second kappa shape index (κ2) is 6.88. The van der Waals surface area contributed by atoms with Crippen LogP contribution in [-0.4, -0.2) is 25.5 Å². The molecule has 3 aromatic carbocycles. The van der Waals surface area contributed by atoms with E-state index in [0.29, 0.717) is 6.42 Å². The van der Waals surface area contributed by atoms with E-state index in [-0.39, 0.29) is 17.2 Å². The summed E-state index contributed by atoms with van der Waals surface area (Å²) in [7, 11) is 0. The van der Waals surface area contributed by atoms with Gasteiger partial charge in [0.05, 0.1) is 11.4 Å². The molecule has 4 N–H and O–H groups in total. The Kier molecular flexibility index (Phi) is 4.26. The summed E-state index contributed by atoms with van der Waals surface area (Å²) in [6.07, 6.45) is 0.567. The first-order valence-electron chi connectivity index (χ1n) is 8.54. The van der Waals surface area contributed by atoms with Crippen LogP contribution < -0.4 is 0 Å². The summed E-state index contributed by atoms with van der Waals surface area (Å²) in [4.78, 5) is 0. The minimum Gasteiger partial charge on any atom is -0.508 e. The number of rotatable bonds is 4. The number of aromatic hydroxyl groups is 3. The molecular formula is C22H18N2O3. The minimum absolute atomic E-state index is 0.197. The van der Waals surface area contributed by atoms with E-state index < -0.39 is 0 Å². The van der Waals surface area contributed by atoms with Crippen LogP contribution in [0.2, 0.25) is 0 Å². The van der Waals surface area contributed by atoms with Gasteiger partial charge < -0.3 is 15.3 Å². The van der Waals surface area contributed by atoms with Crippen LogP contribution in [-0.2, 0) is 6.42 Å². The summed E-state index contributed by atoms with van der Waals surface area (Å²) < 4.78 is 0. The second-order valence-electron chi connectivity index (χ2n) is 6.37. The van der Waals surface area contributed by atoms with Gasteiger partial charge in [-0.3, -0.25) is 5.10 Å². The van der Waals surface area contributed by atoms with Crippen LogP contribution in [0.1, 0.15) is 11.1 Å². The van der Waals surface area contributed by atoms with Crippen molar-refractivity contribution >= 4 is 0 Å². The monoisotopic (exact) mass is 358 g/mol. The molecule has 0 fully saturated rings. The second-order valence-corrected chi connectivity index (χ2v) is 6.37. The van der Waals surface area contributed by atoms with Gasteiger partial charge in [0, 0.05) is 23.1 Å². The highest BCUT2D eigenvalue weighted by Crippen LogP contribution is 2.33. The molecule has 0 saturated carbocycles. The Morgan fingerprint density at radius 2 is 1.33 bits per heavy atom. The standard InChI is InChI=1S/C22H18N2O3/c25-17-8-4-15(5-9-17)21-20(13-14-2-1-3-19(27)12-14)22(24-23-21)16-6-10-18(26)11-7-16/h1-12,25-27H,13H2,(H,23,24). The molecule has 0 aliphatic heterocycles. The minimum atomic E-state index is 0.197. The number of phenols is 3. The molecule has 5 nitrogen and oxygen atoms in total. The molecular weight excluding hydrogens is 340 g/mol. The predicted molar refractivity (Wildman–Crippen MR) is 104 cm³/mol. The van der Waals surface area contributed by atoms with E-state index in [4.69, 9.17) is 0 Å². The Labute approximate surface area is 156 Å². The van der Waals surface area contributed by atoms with E-state index in [0.717, 1.165) is 33.6 Å². The Morgan fingerprint density at radius 3 is 1.96 bits per heavy atom. The van der Waals surface area contributed by atoms with Gasteiger partial charge in [0.25, 0.3) is 0 Å². The van der Waals surface area contributed by atoms with Crippen LogP contribution in [0.5, 0.6) is 17.2 Å². The highest BCUT2D eigenvalue weighted by Gasteiger charge is 2.17.